The zero-order chi connectivity index (χ0) is 25.1. The normalized spacial score (nSPS) is 17.0. The Hall–Kier alpha value is -3.74. The molecule has 1 amide bonds. The van der Waals surface area contributed by atoms with Gasteiger partial charge in [0, 0.05) is 44.3 Å². The molecule has 4 N–H and O–H groups in total. The highest BCUT2D eigenvalue weighted by Crippen LogP contribution is 2.37. The van der Waals surface area contributed by atoms with Crippen LogP contribution in [0.15, 0.2) is 35.5 Å². The van der Waals surface area contributed by atoms with E-state index in [0.717, 1.165) is 24.3 Å². The number of pyridine rings is 1. The summed E-state index contributed by atoms with van der Waals surface area (Å²) in [5.41, 5.74) is 6.68. The number of carbonyl (C=O) groups is 1. The first-order chi connectivity index (χ1) is 17.5. The third-order valence-corrected chi connectivity index (χ3v) is 6.14. The molecule has 1 atom stereocenters. The predicted molar refractivity (Wildman–Crippen MR) is 132 cm³/mol. The van der Waals surface area contributed by atoms with Gasteiger partial charge in [-0.15, -0.1) is 0 Å². The van der Waals surface area contributed by atoms with Crippen LogP contribution in [0.25, 0.3) is 10.9 Å². The largest absolute Gasteiger partial charge is 0.491 e. The summed E-state index contributed by atoms with van der Waals surface area (Å²) < 4.78 is 18.8. The molecule has 3 aromatic rings. The van der Waals surface area contributed by atoms with E-state index in [1.54, 1.807) is 18.2 Å². The lowest BCUT2D eigenvalue weighted by Crippen LogP contribution is -2.42. The van der Waals surface area contributed by atoms with E-state index in [1.807, 2.05) is 10.6 Å². The molecular formula is C24H29N7O5. The van der Waals surface area contributed by atoms with E-state index in [2.05, 4.69) is 25.2 Å². The minimum absolute atomic E-state index is 0.0943. The number of benzene rings is 1. The van der Waals surface area contributed by atoms with Gasteiger partial charge >= 0.3 is 0 Å². The van der Waals surface area contributed by atoms with Gasteiger partial charge < -0.3 is 30.4 Å². The Kier molecular flexibility index (Phi) is 6.98. The molecule has 1 aromatic carbocycles. The number of carbonyl (C=O) groups excluding carboxylic acids is 1. The van der Waals surface area contributed by atoms with Crippen molar-refractivity contribution in [2.45, 2.75) is 12.6 Å². The number of amides is 1. The summed E-state index contributed by atoms with van der Waals surface area (Å²) in [6.07, 6.45) is 0.713. The van der Waals surface area contributed by atoms with Crippen LogP contribution < -0.4 is 26.1 Å². The average Bonchev–Trinajstić information content (AvgIpc) is 3.39. The number of aliphatic hydroxyl groups is 1. The van der Waals surface area contributed by atoms with Gasteiger partial charge in [0.1, 0.15) is 29.9 Å². The SMILES string of the molecule is COc1c(OC[C@@H](O)CN2CCOCC2)ccc2c3n(c(=NC(=O)c4ccc(N)nc4)nc12)CCN3. The second-order valence-corrected chi connectivity index (χ2v) is 8.60. The number of hydrogen-bond acceptors (Lipinski definition) is 10. The smallest absolute Gasteiger partial charge is 0.281 e. The van der Waals surface area contributed by atoms with Gasteiger partial charge in [-0.1, -0.05) is 0 Å². The fraction of sp³-hybridized carbons (Fsp3) is 0.417. The lowest BCUT2D eigenvalue weighted by molar-refractivity contribution is 0.00447. The van der Waals surface area contributed by atoms with E-state index < -0.39 is 12.0 Å². The van der Waals surface area contributed by atoms with Gasteiger partial charge in [0.15, 0.2) is 11.5 Å². The average molecular weight is 496 g/mol. The van der Waals surface area contributed by atoms with E-state index >= 15 is 0 Å². The van der Waals surface area contributed by atoms with Gasteiger partial charge in [-0.2, -0.15) is 4.99 Å². The highest BCUT2D eigenvalue weighted by atomic mass is 16.5. The Labute approximate surface area is 207 Å². The topological polar surface area (TPSA) is 149 Å². The summed E-state index contributed by atoms with van der Waals surface area (Å²) in [6.45, 7) is 4.78. The molecule has 0 bridgehead atoms. The maximum Gasteiger partial charge on any atom is 0.281 e. The lowest BCUT2D eigenvalue weighted by atomic mass is 10.2. The molecule has 12 heteroatoms. The quantitative estimate of drug-likeness (QED) is 0.417. The van der Waals surface area contributed by atoms with Crippen LogP contribution in [-0.2, 0) is 11.3 Å². The molecule has 2 aliphatic heterocycles. The number of rotatable bonds is 7. The molecule has 0 aliphatic carbocycles. The van der Waals surface area contributed by atoms with Crippen LogP contribution in [0.3, 0.4) is 0 Å². The third-order valence-electron chi connectivity index (χ3n) is 6.14. The molecule has 0 spiro atoms. The maximum atomic E-state index is 12.8. The van der Waals surface area contributed by atoms with Crippen LogP contribution in [0, 0.1) is 0 Å². The monoisotopic (exact) mass is 495 g/mol. The Morgan fingerprint density at radius 3 is 2.86 bits per heavy atom. The molecule has 36 heavy (non-hydrogen) atoms. The van der Waals surface area contributed by atoms with Crippen molar-refractivity contribution in [1.82, 2.24) is 19.4 Å². The number of aromatic nitrogens is 3. The Morgan fingerprint density at radius 2 is 2.11 bits per heavy atom. The molecule has 0 saturated carbocycles. The van der Waals surface area contributed by atoms with Crippen molar-refractivity contribution in [3.8, 4) is 11.5 Å². The Bertz CT molecular complexity index is 1320. The van der Waals surface area contributed by atoms with E-state index in [0.29, 0.717) is 61.2 Å². The summed E-state index contributed by atoms with van der Waals surface area (Å²) in [6, 6.07) is 6.81. The molecule has 0 radical (unpaired) electrons. The number of anilines is 2. The second kappa shape index (κ2) is 10.5. The fourth-order valence-corrected chi connectivity index (χ4v) is 4.35. The molecule has 190 valence electrons. The zero-order valence-electron chi connectivity index (χ0n) is 20.0. The minimum Gasteiger partial charge on any atom is -0.491 e. The number of morpholine rings is 1. The number of aliphatic hydroxyl groups excluding tert-OH is 1. The van der Waals surface area contributed by atoms with E-state index in [-0.39, 0.29) is 12.2 Å². The minimum atomic E-state index is -0.676. The highest BCUT2D eigenvalue weighted by molar-refractivity contribution is 5.96. The molecule has 12 nitrogen and oxygen atoms in total. The Balaban J connectivity index is 1.46. The molecule has 1 fully saturated rings. The third kappa shape index (κ3) is 4.96. The van der Waals surface area contributed by atoms with Crippen molar-refractivity contribution in [1.29, 1.82) is 0 Å². The lowest BCUT2D eigenvalue weighted by Gasteiger charge is -2.28. The van der Waals surface area contributed by atoms with Gasteiger partial charge in [-0.3, -0.25) is 14.3 Å². The van der Waals surface area contributed by atoms with Crippen LogP contribution in [0.4, 0.5) is 11.6 Å². The van der Waals surface area contributed by atoms with Crippen LogP contribution in [-0.4, -0.2) is 89.7 Å². The first-order valence-corrected chi connectivity index (χ1v) is 11.8. The summed E-state index contributed by atoms with van der Waals surface area (Å²) in [4.78, 5) is 27.9. The van der Waals surface area contributed by atoms with E-state index in [9.17, 15) is 9.90 Å². The molecule has 2 aliphatic rings. The van der Waals surface area contributed by atoms with Crippen molar-refractivity contribution in [2.75, 3.05) is 64.2 Å². The molecular weight excluding hydrogens is 466 g/mol. The number of methoxy groups -OCH3 is 1. The summed E-state index contributed by atoms with van der Waals surface area (Å²) in [5.74, 6) is 1.48. The Morgan fingerprint density at radius 1 is 1.28 bits per heavy atom. The fourth-order valence-electron chi connectivity index (χ4n) is 4.35. The van der Waals surface area contributed by atoms with Crippen molar-refractivity contribution >= 4 is 28.4 Å². The zero-order valence-corrected chi connectivity index (χ0v) is 20.0. The number of nitrogens with zero attached hydrogens (tertiary/aromatic N) is 5. The van der Waals surface area contributed by atoms with E-state index in [1.165, 1.54) is 13.3 Å². The molecule has 2 aromatic heterocycles. The van der Waals surface area contributed by atoms with Gasteiger partial charge in [0.2, 0.25) is 5.62 Å². The molecule has 1 saturated heterocycles. The van der Waals surface area contributed by atoms with Gasteiger partial charge in [-0.05, 0) is 24.3 Å². The number of nitrogens with two attached hydrogens (primary N) is 1. The van der Waals surface area contributed by atoms with Crippen LogP contribution in [0.2, 0.25) is 0 Å². The molecule has 0 unspecified atom stereocenters. The number of fused-ring (bicyclic) bond motifs is 3. The van der Waals surface area contributed by atoms with Crippen molar-refractivity contribution in [3.63, 3.8) is 0 Å². The standard InChI is InChI=1S/C24H29N7O5/c1-34-21-18(36-14-16(32)13-30-8-10-35-11-9-30)4-3-17-20(21)28-24(31-7-6-26-22(17)31)29-23(33)15-2-5-19(25)27-12-15/h2-5,12,16,26,32H,6-11,13-14H2,1H3,(H2,25,27)/t16-/m0/s1. The van der Waals surface area contributed by atoms with Crippen molar-refractivity contribution in [3.05, 3.63) is 41.6 Å². The van der Waals surface area contributed by atoms with Gasteiger partial charge in [0.05, 0.1) is 25.9 Å². The van der Waals surface area contributed by atoms with Crippen LogP contribution in [0.1, 0.15) is 10.4 Å². The summed E-state index contributed by atoms with van der Waals surface area (Å²) in [7, 11) is 1.53. The predicted octanol–water partition coefficient (Wildman–Crippen LogP) is 0.261. The van der Waals surface area contributed by atoms with Gasteiger partial charge in [0.25, 0.3) is 5.91 Å². The van der Waals surface area contributed by atoms with Crippen LogP contribution in [0.5, 0.6) is 11.5 Å². The first-order valence-electron chi connectivity index (χ1n) is 11.8. The summed E-state index contributed by atoms with van der Waals surface area (Å²) >= 11 is 0. The van der Waals surface area contributed by atoms with Crippen LogP contribution >= 0.6 is 0 Å². The number of hydrogen-bond donors (Lipinski definition) is 3. The van der Waals surface area contributed by atoms with E-state index in [4.69, 9.17) is 19.9 Å². The highest BCUT2D eigenvalue weighted by Gasteiger charge is 2.22. The number of nitrogen functional groups attached to an aromatic ring is 1. The molecule has 5 rings (SSSR count). The second-order valence-electron chi connectivity index (χ2n) is 8.60. The number of nitrogens with one attached hydrogen (secondary N) is 1. The summed E-state index contributed by atoms with van der Waals surface area (Å²) in [5, 5.41) is 14.6. The molecule has 4 heterocycles. The first kappa shape index (κ1) is 24.0. The maximum absolute atomic E-state index is 12.8. The van der Waals surface area contributed by atoms with Gasteiger partial charge in [-0.25, -0.2) is 9.97 Å². The van der Waals surface area contributed by atoms with Crippen molar-refractivity contribution in [2.24, 2.45) is 4.99 Å². The number of β-amino-alcohol motifs (C(OH)–C–C–N with tert-alkyl or cyclic N) is 1. The van der Waals surface area contributed by atoms with Crippen molar-refractivity contribution < 1.29 is 24.1 Å². The number of ether oxygens (including phenoxy) is 3.